The number of hydrogen-bond donors (Lipinski definition) is 2. The van der Waals surface area contributed by atoms with Gasteiger partial charge in [0.25, 0.3) is 0 Å². The minimum Gasteiger partial charge on any atom is -0.381 e. The Morgan fingerprint density at radius 3 is 2.56 bits per heavy atom. The van der Waals surface area contributed by atoms with Crippen molar-refractivity contribution in [1.29, 1.82) is 0 Å². The summed E-state index contributed by atoms with van der Waals surface area (Å²) in [5.74, 6) is 0.900. The number of nitrogens with one attached hydrogen (secondary N) is 2. The molecule has 2 rings (SSSR count). The minimum absolute atomic E-state index is 0. The number of aliphatic imine (C=N–C) groups is 1. The molecule has 25 heavy (non-hydrogen) atoms. The lowest BCUT2D eigenvalue weighted by Gasteiger charge is -2.26. The van der Waals surface area contributed by atoms with Gasteiger partial charge in [-0.3, -0.25) is 9.89 Å². The summed E-state index contributed by atoms with van der Waals surface area (Å²) in [6.45, 7) is 11.9. The summed E-state index contributed by atoms with van der Waals surface area (Å²) in [6, 6.07) is 0. The van der Waals surface area contributed by atoms with Crippen LogP contribution in [0.3, 0.4) is 0 Å². The van der Waals surface area contributed by atoms with Crippen LogP contribution in [0.2, 0.25) is 0 Å². The van der Waals surface area contributed by atoms with Gasteiger partial charge in [0.15, 0.2) is 5.96 Å². The molecule has 0 aromatic heterocycles. The maximum atomic E-state index is 5.88. The first-order valence-corrected chi connectivity index (χ1v) is 9.40. The summed E-state index contributed by atoms with van der Waals surface area (Å²) in [5, 5.41) is 6.71. The Labute approximate surface area is 169 Å². The van der Waals surface area contributed by atoms with Crippen molar-refractivity contribution in [2.45, 2.75) is 32.3 Å². The second-order valence-corrected chi connectivity index (χ2v) is 6.18. The summed E-state index contributed by atoms with van der Waals surface area (Å²) < 4.78 is 16.6. The Morgan fingerprint density at radius 1 is 1.12 bits per heavy atom. The molecule has 0 radical (unpaired) electrons. The van der Waals surface area contributed by atoms with Crippen LogP contribution in [0.5, 0.6) is 0 Å². The number of rotatable bonds is 9. The highest BCUT2D eigenvalue weighted by atomic mass is 127. The molecule has 0 aliphatic carbocycles. The van der Waals surface area contributed by atoms with Crippen molar-refractivity contribution in [3.63, 3.8) is 0 Å². The molecular weight excluding hydrogens is 435 g/mol. The molecule has 0 unspecified atom stereocenters. The number of morpholine rings is 1. The van der Waals surface area contributed by atoms with Gasteiger partial charge in [-0.2, -0.15) is 0 Å². The van der Waals surface area contributed by atoms with Gasteiger partial charge in [0.2, 0.25) is 0 Å². The molecule has 8 heteroatoms. The van der Waals surface area contributed by atoms with Gasteiger partial charge in [-0.15, -0.1) is 24.0 Å². The topological polar surface area (TPSA) is 67.4 Å². The van der Waals surface area contributed by atoms with Crippen LogP contribution in [-0.2, 0) is 14.2 Å². The maximum absolute atomic E-state index is 5.88. The summed E-state index contributed by atoms with van der Waals surface area (Å²) in [7, 11) is 0. The van der Waals surface area contributed by atoms with E-state index in [1.807, 2.05) is 0 Å². The molecule has 2 saturated heterocycles. The SMILES string of the molecule is CCNC(=NCCCOC1CCOCC1)NCCN1CCOCC1.I. The van der Waals surface area contributed by atoms with E-state index >= 15 is 0 Å². The Morgan fingerprint density at radius 2 is 1.84 bits per heavy atom. The number of hydrogen-bond acceptors (Lipinski definition) is 5. The standard InChI is InChI=1S/C17H34N4O3.HI/c1-2-18-17(20-7-8-21-9-14-23-15-10-21)19-6-3-11-24-16-4-12-22-13-5-16;/h16H,2-15H2,1H3,(H2,18,19,20);1H. The van der Waals surface area contributed by atoms with E-state index in [4.69, 9.17) is 14.2 Å². The minimum atomic E-state index is 0. The molecule has 0 amide bonds. The predicted octanol–water partition coefficient (Wildman–Crippen LogP) is 1.08. The lowest BCUT2D eigenvalue weighted by Crippen LogP contribution is -2.44. The van der Waals surface area contributed by atoms with Crippen molar-refractivity contribution in [2.24, 2.45) is 4.99 Å². The molecule has 0 saturated carbocycles. The highest BCUT2D eigenvalue weighted by Crippen LogP contribution is 2.10. The van der Waals surface area contributed by atoms with Crippen LogP contribution in [0, 0.1) is 0 Å². The van der Waals surface area contributed by atoms with Crippen molar-refractivity contribution in [3.8, 4) is 0 Å². The van der Waals surface area contributed by atoms with Gasteiger partial charge in [0.1, 0.15) is 0 Å². The molecule has 0 spiro atoms. The van der Waals surface area contributed by atoms with Gasteiger partial charge in [-0.05, 0) is 26.2 Å². The highest BCUT2D eigenvalue weighted by molar-refractivity contribution is 14.0. The molecule has 2 fully saturated rings. The Balaban J connectivity index is 0.00000312. The highest BCUT2D eigenvalue weighted by Gasteiger charge is 2.13. The molecular formula is C17H35IN4O3. The van der Waals surface area contributed by atoms with Crippen LogP contribution in [-0.4, -0.2) is 89.3 Å². The van der Waals surface area contributed by atoms with Crippen molar-refractivity contribution in [3.05, 3.63) is 0 Å². The number of nitrogens with zero attached hydrogens (tertiary/aromatic N) is 2. The maximum Gasteiger partial charge on any atom is 0.191 e. The molecule has 148 valence electrons. The van der Waals surface area contributed by atoms with E-state index < -0.39 is 0 Å². The molecule has 7 nitrogen and oxygen atoms in total. The van der Waals surface area contributed by atoms with Crippen molar-refractivity contribution in [1.82, 2.24) is 15.5 Å². The molecule has 2 heterocycles. The average Bonchev–Trinajstić information content (AvgIpc) is 2.63. The van der Waals surface area contributed by atoms with Gasteiger partial charge < -0.3 is 24.8 Å². The summed E-state index contributed by atoms with van der Waals surface area (Å²) in [6.07, 6.45) is 3.38. The summed E-state index contributed by atoms with van der Waals surface area (Å²) >= 11 is 0. The van der Waals surface area contributed by atoms with E-state index in [1.54, 1.807) is 0 Å². The number of ether oxygens (including phenoxy) is 3. The smallest absolute Gasteiger partial charge is 0.191 e. The fourth-order valence-electron chi connectivity index (χ4n) is 2.85. The fraction of sp³-hybridized carbons (Fsp3) is 0.941. The zero-order valence-electron chi connectivity index (χ0n) is 15.5. The zero-order chi connectivity index (χ0) is 16.9. The summed E-state index contributed by atoms with van der Waals surface area (Å²) in [5.41, 5.74) is 0. The van der Waals surface area contributed by atoms with Crippen LogP contribution < -0.4 is 10.6 Å². The fourth-order valence-corrected chi connectivity index (χ4v) is 2.85. The van der Waals surface area contributed by atoms with Gasteiger partial charge in [-0.1, -0.05) is 0 Å². The third-order valence-corrected chi connectivity index (χ3v) is 4.26. The molecule has 0 bridgehead atoms. The first-order valence-electron chi connectivity index (χ1n) is 9.40. The van der Waals surface area contributed by atoms with Gasteiger partial charge in [0, 0.05) is 59.1 Å². The van der Waals surface area contributed by atoms with Gasteiger partial charge in [-0.25, -0.2) is 0 Å². The predicted molar refractivity (Wildman–Crippen MR) is 111 cm³/mol. The molecule has 0 aromatic carbocycles. The second kappa shape index (κ2) is 15.0. The van der Waals surface area contributed by atoms with Crippen LogP contribution >= 0.6 is 24.0 Å². The van der Waals surface area contributed by atoms with E-state index in [-0.39, 0.29) is 24.0 Å². The lowest BCUT2D eigenvalue weighted by molar-refractivity contribution is -0.0318. The molecule has 2 N–H and O–H groups in total. The van der Waals surface area contributed by atoms with E-state index in [9.17, 15) is 0 Å². The van der Waals surface area contributed by atoms with E-state index in [1.165, 1.54) is 0 Å². The van der Waals surface area contributed by atoms with Gasteiger partial charge >= 0.3 is 0 Å². The van der Waals surface area contributed by atoms with Crippen LogP contribution in [0.4, 0.5) is 0 Å². The van der Waals surface area contributed by atoms with E-state index in [2.05, 4.69) is 27.4 Å². The molecule has 2 aliphatic rings. The Kier molecular flexibility index (Phi) is 13.7. The summed E-state index contributed by atoms with van der Waals surface area (Å²) in [4.78, 5) is 7.04. The van der Waals surface area contributed by atoms with E-state index in [0.717, 1.165) is 97.5 Å². The van der Waals surface area contributed by atoms with Crippen molar-refractivity contribution in [2.75, 3.05) is 72.3 Å². The largest absolute Gasteiger partial charge is 0.381 e. The Bertz CT molecular complexity index is 349. The number of halogens is 1. The van der Waals surface area contributed by atoms with Crippen molar-refractivity contribution >= 4 is 29.9 Å². The lowest BCUT2D eigenvalue weighted by atomic mass is 10.1. The molecule has 0 atom stereocenters. The second-order valence-electron chi connectivity index (χ2n) is 6.18. The Hall–Kier alpha value is -0.160. The normalized spacial score (nSPS) is 20.1. The van der Waals surface area contributed by atoms with E-state index in [0.29, 0.717) is 6.10 Å². The number of guanidine groups is 1. The molecule has 2 aliphatic heterocycles. The van der Waals surface area contributed by atoms with Gasteiger partial charge in [0.05, 0.1) is 19.3 Å². The monoisotopic (exact) mass is 470 g/mol. The van der Waals surface area contributed by atoms with Crippen LogP contribution in [0.15, 0.2) is 4.99 Å². The van der Waals surface area contributed by atoms with Crippen LogP contribution in [0.1, 0.15) is 26.2 Å². The van der Waals surface area contributed by atoms with Crippen LogP contribution in [0.25, 0.3) is 0 Å². The zero-order valence-corrected chi connectivity index (χ0v) is 17.8. The average molecular weight is 470 g/mol. The third-order valence-electron chi connectivity index (χ3n) is 4.26. The molecule has 0 aromatic rings. The first kappa shape index (κ1) is 22.9. The van der Waals surface area contributed by atoms with Crippen molar-refractivity contribution < 1.29 is 14.2 Å². The first-order chi connectivity index (χ1) is 11.9. The third kappa shape index (κ3) is 10.5. The quantitative estimate of drug-likeness (QED) is 0.228.